The van der Waals surface area contributed by atoms with E-state index >= 15 is 0 Å². The van der Waals surface area contributed by atoms with Gasteiger partial charge in [0.15, 0.2) is 0 Å². The van der Waals surface area contributed by atoms with Crippen LogP contribution in [0.3, 0.4) is 0 Å². The summed E-state index contributed by atoms with van der Waals surface area (Å²) in [6.45, 7) is 3.06. The molecular weight excluding hydrogens is 528 g/mol. The van der Waals surface area contributed by atoms with E-state index in [9.17, 15) is 0 Å². The molecule has 0 aliphatic carbocycles. The van der Waals surface area contributed by atoms with E-state index in [1.165, 1.54) is 77.6 Å². The van der Waals surface area contributed by atoms with Crippen LogP contribution < -0.4 is 0 Å². The summed E-state index contributed by atoms with van der Waals surface area (Å²) in [5.41, 5.74) is 2.60. The molecule has 0 aliphatic heterocycles. The van der Waals surface area contributed by atoms with E-state index in [1.807, 2.05) is 0 Å². The Bertz CT molecular complexity index is 1680. The number of hydrogen-bond acceptors (Lipinski definition) is 0. The third-order valence-corrected chi connectivity index (χ3v) is 6.27. The second-order valence-corrected chi connectivity index (χ2v) is 8.18. The average molecular weight is 556 g/mol. The molecule has 0 N–H and O–H groups in total. The molecule has 0 aromatic heterocycles. The van der Waals surface area contributed by atoms with Gasteiger partial charge in [0.05, 0.1) is 0 Å². The van der Waals surface area contributed by atoms with E-state index in [4.69, 9.17) is 0 Å². The maximum absolute atomic E-state index is 3.06. The predicted molar refractivity (Wildman–Crippen MR) is 158 cm³/mol. The van der Waals surface area contributed by atoms with E-state index in [-0.39, 0.29) is 14.9 Å². The Labute approximate surface area is 231 Å². The molecule has 0 aliphatic rings. The first-order valence-corrected chi connectivity index (χ1v) is 15.5. The molecule has 0 bridgehead atoms. The minimum Gasteiger partial charge on any atom is -0.168 e. The van der Waals surface area contributed by atoms with E-state index in [2.05, 4.69) is 140 Å². The molecule has 0 saturated heterocycles. The SMILES string of the molecule is [CH3-].[CH3-].[Si]=[Zr].c1ccc(-c2cccc3[cH-]ccc23)cc1.c1ccc2c(c1)ccc1[cH-]c3ccccc3c12. The molecule has 0 fully saturated rings. The van der Waals surface area contributed by atoms with E-state index in [0.717, 1.165) is 0 Å². The van der Waals surface area contributed by atoms with Crippen molar-refractivity contribution in [3.63, 3.8) is 0 Å². The summed E-state index contributed by atoms with van der Waals surface area (Å²) in [4.78, 5) is 0. The Morgan fingerprint density at radius 3 is 1.97 bits per heavy atom. The first-order valence-electron chi connectivity index (χ1n) is 11.3. The van der Waals surface area contributed by atoms with E-state index in [1.54, 1.807) is 0 Å². The normalized spacial score (nSPS) is 9.97. The maximum Gasteiger partial charge on any atom is -0.0279 e. The van der Waals surface area contributed by atoms with Crippen molar-refractivity contribution in [3.8, 4) is 11.1 Å². The average Bonchev–Trinajstić information content (AvgIpc) is 3.55. The van der Waals surface area contributed by atoms with Gasteiger partial charge in [-0.05, 0) is 10.9 Å². The second-order valence-electron chi connectivity index (χ2n) is 8.18. The van der Waals surface area contributed by atoms with Crippen LogP contribution in [0.4, 0.5) is 0 Å². The molecule has 0 saturated carbocycles. The van der Waals surface area contributed by atoms with Gasteiger partial charge in [0, 0.05) is 0 Å². The Kier molecular flexibility index (Phi) is 9.76. The monoisotopic (exact) mass is 554 g/mol. The molecular formula is C34H28SiZr-4. The molecule has 7 aromatic rings. The molecule has 36 heavy (non-hydrogen) atoms. The van der Waals surface area contributed by atoms with E-state index in [0.29, 0.717) is 0 Å². The minimum atomic E-state index is 0. The van der Waals surface area contributed by atoms with Crippen molar-refractivity contribution >= 4 is 50.0 Å². The van der Waals surface area contributed by atoms with Gasteiger partial charge < -0.3 is 14.9 Å². The van der Waals surface area contributed by atoms with Crippen LogP contribution in [0.25, 0.3) is 54.2 Å². The molecule has 2 heteroatoms. The van der Waals surface area contributed by atoms with Crippen molar-refractivity contribution in [2.75, 3.05) is 0 Å². The van der Waals surface area contributed by atoms with Crippen LogP contribution >= 0.6 is 0 Å². The van der Waals surface area contributed by atoms with Crippen LogP contribution in [0.5, 0.6) is 0 Å². The van der Waals surface area contributed by atoms with Crippen LogP contribution in [0.1, 0.15) is 0 Å². The van der Waals surface area contributed by atoms with Gasteiger partial charge in [-0.15, -0.1) is 68.7 Å². The van der Waals surface area contributed by atoms with Crippen LogP contribution in [0, 0.1) is 14.9 Å². The Morgan fingerprint density at radius 2 is 1.17 bits per heavy atom. The Balaban J connectivity index is 0.000000180. The van der Waals surface area contributed by atoms with Gasteiger partial charge in [-0.1, -0.05) is 95.9 Å². The molecule has 0 heterocycles. The summed E-state index contributed by atoms with van der Waals surface area (Å²) in [7, 11) is 0. The summed E-state index contributed by atoms with van der Waals surface area (Å²) < 4.78 is 0. The zero-order valence-electron chi connectivity index (χ0n) is 20.7. The van der Waals surface area contributed by atoms with E-state index < -0.39 is 0 Å². The summed E-state index contributed by atoms with van der Waals surface area (Å²) in [6.07, 6.45) is 0. The quantitative estimate of drug-likeness (QED) is 0.140. The largest absolute Gasteiger partial charge is 0.168 e. The number of benzene rings is 5. The zero-order valence-corrected chi connectivity index (χ0v) is 24.2. The summed E-state index contributed by atoms with van der Waals surface area (Å²) in [6, 6.07) is 47.3. The van der Waals surface area contributed by atoms with Crippen molar-refractivity contribution < 1.29 is 23.3 Å². The van der Waals surface area contributed by atoms with Crippen LogP contribution in [-0.4, -0.2) is 6.88 Å². The fraction of sp³-hybridized carbons (Fsp3) is 0. The van der Waals surface area contributed by atoms with Crippen molar-refractivity contribution in [1.82, 2.24) is 0 Å². The molecule has 0 unspecified atom stereocenters. The molecule has 7 rings (SSSR count). The summed E-state index contributed by atoms with van der Waals surface area (Å²) >= 11 is 1.36. The fourth-order valence-electron chi connectivity index (χ4n) is 4.76. The number of fused-ring (bicyclic) bond motifs is 6. The van der Waals surface area contributed by atoms with Gasteiger partial charge in [0.1, 0.15) is 0 Å². The molecule has 7 aromatic carbocycles. The first-order chi connectivity index (χ1) is 16.9. The van der Waals surface area contributed by atoms with Crippen molar-refractivity contribution in [1.29, 1.82) is 0 Å². The molecule has 0 nitrogen and oxygen atoms in total. The van der Waals surface area contributed by atoms with Crippen LogP contribution in [-0.2, 0) is 23.3 Å². The van der Waals surface area contributed by atoms with Crippen molar-refractivity contribution in [2.45, 2.75) is 0 Å². The van der Waals surface area contributed by atoms with Crippen LogP contribution in [0.15, 0.2) is 133 Å². The second kappa shape index (κ2) is 12.8. The number of hydrogen-bond donors (Lipinski definition) is 0. The first kappa shape index (κ1) is 27.5. The molecule has 0 atom stereocenters. The van der Waals surface area contributed by atoms with Gasteiger partial charge >= 0.3 is 30.2 Å². The van der Waals surface area contributed by atoms with Gasteiger partial charge in [-0.2, -0.15) is 12.1 Å². The molecule has 0 amide bonds. The number of rotatable bonds is 1. The molecule has 2 radical (unpaired) electrons. The van der Waals surface area contributed by atoms with Gasteiger partial charge in [-0.3, -0.25) is 0 Å². The van der Waals surface area contributed by atoms with Gasteiger partial charge in [-0.25, -0.2) is 0 Å². The summed E-state index contributed by atoms with van der Waals surface area (Å²) in [5, 5.41) is 10.7. The topological polar surface area (TPSA) is 0 Å². The summed E-state index contributed by atoms with van der Waals surface area (Å²) in [5.74, 6) is 0. The minimum absolute atomic E-state index is 0. The third kappa shape index (κ3) is 5.36. The molecule has 176 valence electrons. The fourth-order valence-corrected chi connectivity index (χ4v) is 4.76. The van der Waals surface area contributed by atoms with Crippen LogP contribution in [0.2, 0.25) is 0 Å². The van der Waals surface area contributed by atoms with Crippen molar-refractivity contribution in [3.05, 3.63) is 148 Å². The Morgan fingerprint density at radius 1 is 0.500 bits per heavy atom. The molecule has 0 spiro atoms. The van der Waals surface area contributed by atoms with Gasteiger partial charge in [0.25, 0.3) is 0 Å². The van der Waals surface area contributed by atoms with Gasteiger partial charge in [0.2, 0.25) is 0 Å². The van der Waals surface area contributed by atoms with Crippen molar-refractivity contribution in [2.24, 2.45) is 0 Å². The Hall–Kier alpha value is -3.06. The maximum atomic E-state index is 3.06. The third-order valence-electron chi connectivity index (χ3n) is 6.27. The predicted octanol–water partition coefficient (Wildman–Crippen LogP) is 9.61. The standard InChI is InChI=1S/C17H11.C15H11.2CH3.Si.Zr/c1-3-7-15-12(5-1)9-10-14-11-13-6-2-4-8-16(13)17(14)15;1-2-6-12(7-3-1)14-10-4-8-13-9-5-11-15(13)14;;;;/h1-11H;1-11H;2*1H3;;/q4*-1;;. The zero-order chi connectivity index (χ0) is 23.3. The smallest absolute Gasteiger partial charge is 0.0279 e.